The summed E-state index contributed by atoms with van der Waals surface area (Å²) >= 11 is 7.70. The smallest absolute Gasteiger partial charge is 0.198 e. The molecule has 4 nitrogen and oxygen atoms in total. The van der Waals surface area contributed by atoms with Crippen LogP contribution in [0.3, 0.4) is 0 Å². The molecule has 6 heteroatoms. The molecule has 0 saturated heterocycles. The fraction of sp³-hybridized carbons (Fsp3) is 0.235. The van der Waals surface area contributed by atoms with Crippen molar-refractivity contribution < 1.29 is 0 Å². The third-order valence-electron chi connectivity index (χ3n) is 3.86. The number of rotatable bonds is 2. The van der Waals surface area contributed by atoms with Crippen LogP contribution in [-0.4, -0.2) is 16.2 Å². The van der Waals surface area contributed by atoms with Crippen LogP contribution in [-0.2, 0) is 5.41 Å². The fourth-order valence-corrected chi connectivity index (χ4v) is 3.49. The zero-order valence-electron chi connectivity index (χ0n) is 12.9. The Balaban J connectivity index is 2.44. The Hall–Kier alpha value is -2.03. The van der Waals surface area contributed by atoms with Crippen molar-refractivity contribution in [3.63, 3.8) is 0 Å². The summed E-state index contributed by atoms with van der Waals surface area (Å²) in [6.45, 7) is 3.59. The number of halogens is 1. The lowest BCUT2D eigenvalue weighted by molar-refractivity contribution is 0.662. The number of fused-ring (bicyclic) bond motifs is 2. The Kier molecular flexibility index (Phi) is 3.83. The lowest BCUT2D eigenvalue weighted by Gasteiger charge is -2.15. The molecule has 0 aliphatic rings. The third kappa shape index (κ3) is 2.48. The summed E-state index contributed by atoms with van der Waals surface area (Å²) in [6.07, 6.45) is 1.91. The molecule has 2 heterocycles. The number of nitrogens with one attached hydrogen (secondary N) is 1. The maximum Gasteiger partial charge on any atom is 0.198 e. The molecule has 0 aliphatic carbocycles. The van der Waals surface area contributed by atoms with Gasteiger partial charge in [-0.1, -0.05) is 11.6 Å². The first-order valence-corrected chi connectivity index (χ1v) is 8.60. The molecule has 23 heavy (non-hydrogen) atoms. The summed E-state index contributed by atoms with van der Waals surface area (Å²) in [4.78, 5) is 21.3. The minimum atomic E-state index is -0.725. The zero-order chi connectivity index (χ0) is 16.8. The lowest BCUT2D eigenvalue weighted by atomic mass is 9.90. The molecule has 0 spiro atoms. The molecule has 1 aromatic carbocycles. The number of benzene rings is 1. The van der Waals surface area contributed by atoms with Crippen molar-refractivity contribution in [1.29, 1.82) is 5.26 Å². The van der Waals surface area contributed by atoms with Crippen molar-refractivity contribution in [1.82, 2.24) is 9.97 Å². The molecule has 0 radical (unpaired) electrons. The first-order valence-electron chi connectivity index (χ1n) is 7.00. The van der Waals surface area contributed by atoms with Crippen LogP contribution in [0.1, 0.15) is 19.5 Å². The van der Waals surface area contributed by atoms with Gasteiger partial charge in [-0.25, -0.2) is 4.98 Å². The second kappa shape index (κ2) is 5.55. The van der Waals surface area contributed by atoms with E-state index in [1.54, 1.807) is 38.1 Å². The first kappa shape index (κ1) is 15.9. The third-order valence-corrected chi connectivity index (χ3v) is 5.12. The summed E-state index contributed by atoms with van der Waals surface area (Å²) in [7, 11) is 0. The Bertz CT molecular complexity index is 1030. The topological polar surface area (TPSA) is 69.5 Å². The molecule has 0 aliphatic heterocycles. The van der Waals surface area contributed by atoms with Crippen LogP contribution in [0.2, 0.25) is 5.02 Å². The van der Waals surface area contributed by atoms with Crippen LogP contribution < -0.4 is 5.43 Å². The molecule has 3 rings (SSSR count). The van der Waals surface area contributed by atoms with Gasteiger partial charge in [-0.3, -0.25) is 4.79 Å². The normalized spacial score (nSPS) is 11.8. The van der Waals surface area contributed by atoms with Crippen LogP contribution in [0.15, 0.2) is 34.0 Å². The molecule has 0 atom stereocenters. The molecule has 2 aromatic heterocycles. The molecule has 0 bridgehead atoms. The van der Waals surface area contributed by atoms with Gasteiger partial charge in [0.2, 0.25) is 0 Å². The molecule has 0 amide bonds. The summed E-state index contributed by atoms with van der Waals surface area (Å²) in [6, 6.07) is 9.14. The maximum absolute atomic E-state index is 12.7. The van der Waals surface area contributed by atoms with Gasteiger partial charge in [-0.2, -0.15) is 5.26 Å². The fourth-order valence-electron chi connectivity index (χ4n) is 2.48. The van der Waals surface area contributed by atoms with Crippen molar-refractivity contribution in [3.05, 3.63) is 45.2 Å². The minimum Gasteiger partial charge on any atom is -0.338 e. The van der Waals surface area contributed by atoms with E-state index in [0.29, 0.717) is 32.7 Å². The van der Waals surface area contributed by atoms with Crippen molar-refractivity contribution in [2.24, 2.45) is 0 Å². The van der Waals surface area contributed by atoms with E-state index >= 15 is 0 Å². The largest absolute Gasteiger partial charge is 0.338 e. The van der Waals surface area contributed by atoms with Crippen molar-refractivity contribution in [3.8, 4) is 6.07 Å². The van der Waals surface area contributed by atoms with E-state index in [2.05, 4.69) is 16.0 Å². The van der Waals surface area contributed by atoms with E-state index in [0.717, 1.165) is 4.90 Å². The van der Waals surface area contributed by atoms with Crippen molar-refractivity contribution in [2.45, 2.75) is 24.2 Å². The van der Waals surface area contributed by atoms with E-state index in [1.807, 2.05) is 6.26 Å². The standard InChI is InChI=1S/C17H14ClN3OS/c1-17(2,8-19)12-7-5-10-14(22)9-4-6-11(18)15(23-3)13(9)21-16(10)20-12/h4-7H,1-3H3,(H,20,21,22). The van der Waals surface area contributed by atoms with E-state index in [9.17, 15) is 10.1 Å². The van der Waals surface area contributed by atoms with Crippen LogP contribution in [0.5, 0.6) is 0 Å². The number of nitrogens with zero attached hydrogens (tertiary/aromatic N) is 2. The van der Waals surface area contributed by atoms with Gasteiger partial charge in [-0.05, 0) is 44.4 Å². The number of pyridine rings is 2. The number of aromatic amines is 1. The highest BCUT2D eigenvalue weighted by Crippen LogP contribution is 2.32. The zero-order valence-corrected chi connectivity index (χ0v) is 14.5. The average Bonchev–Trinajstić information content (AvgIpc) is 2.54. The second-order valence-corrected chi connectivity index (χ2v) is 7.01. The van der Waals surface area contributed by atoms with Crippen LogP contribution in [0, 0.1) is 11.3 Å². The van der Waals surface area contributed by atoms with Gasteiger partial charge < -0.3 is 4.98 Å². The number of aromatic nitrogens is 2. The molecule has 0 saturated carbocycles. The molecule has 116 valence electrons. The average molecular weight is 344 g/mol. The van der Waals surface area contributed by atoms with E-state index < -0.39 is 5.41 Å². The quantitative estimate of drug-likeness (QED) is 0.557. The summed E-state index contributed by atoms with van der Waals surface area (Å²) in [5.41, 5.74) is 0.962. The molecule has 3 aromatic rings. The lowest BCUT2D eigenvalue weighted by Crippen LogP contribution is -2.17. The predicted molar refractivity (Wildman–Crippen MR) is 95.3 cm³/mol. The predicted octanol–water partition coefficient (Wildman–Crippen LogP) is 4.25. The maximum atomic E-state index is 12.7. The monoisotopic (exact) mass is 343 g/mol. The van der Waals surface area contributed by atoms with Gasteiger partial charge in [0.15, 0.2) is 5.43 Å². The number of hydrogen-bond acceptors (Lipinski definition) is 4. The molecule has 0 unspecified atom stereocenters. The SMILES string of the molecule is CSc1c(Cl)ccc2c(=O)c3ccc(C(C)(C)C#N)nc3[nH]c12. The first-order chi connectivity index (χ1) is 10.9. The number of H-pyrrole nitrogens is 1. The van der Waals surface area contributed by atoms with Gasteiger partial charge in [0.05, 0.1) is 33.1 Å². The van der Waals surface area contributed by atoms with Gasteiger partial charge in [-0.15, -0.1) is 11.8 Å². The van der Waals surface area contributed by atoms with E-state index in [-0.39, 0.29) is 5.43 Å². The highest BCUT2D eigenvalue weighted by Gasteiger charge is 2.22. The van der Waals surface area contributed by atoms with E-state index in [1.165, 1.54) is 11.8 Å². The van der Waals surface area contributed by atoms with Gasteiger partial charge in [0, 0.05) is 10.3 Å². The Morgan fingerprint density at radius 3 is 2.61 bits per heavy atom. The summed E-state index contributed by atoms with van der Waals surface area (Å²) in [5.74, 6) is 0. The molecule has 0 fully saturated rings. The summed E-state index contributed by atoms with van der Waals surface area (Å²) in [5, 5.41) is 11.0. The number of nitriles is 1. The Morgan fingerprint density at radius 1 is 1.26 bits per heavy atom. The number of hydrogen-bond donors (Lipinski definition) is 1. The highest BCUT2D eigenvalue weighted by molar-refractivity contribution is 7.99. The van der Waals surface area contributed by atoms with Crippen LogP contribution in [0.25, 0.3) is 21.9 Å². The summed E-state index contributed by atoms with van der Waals surface area (Å²) < 4.78 is 0. The van der Waals surface area contributed by atoms with Gasteiger partial charge in [0.1, 0.15) is 5.65 Å². The highest BCUT2D eigenvalue weighted by atomic mass is 35.5. The Labute approximate surface area is 142 Å². The molecular formula is C17H14ClN3OS. The van der Waals surface area contributed by atoms with Gasteiger partial charge in [0.25, 0.3) is 0 Å². The molecular weight excluding hydrogens is 330 g/mol. The van der Waals surface area contributed by atoms with Crippen LogP contribution >= 0.6 is 23.4 Å². The minimum absolute atomic E-state index is 0.0884. The molecule has 1 N–H and O–H groups in total. The Morgan fingerprint density at radius 2 is 1.96 bits per heavy atom. The van der Waals surface area contributed by atoms with Crippen LogP contribution in [0.4, 0.5) is 0 Å². The number of thioether (sulfide) groups is 1. The van der Waals surface area contributed by atoms with E-state index in [4.69, 9.17) is 11.6 Å². The van der Waals surface area contributed by atoms with Gasteiger partial charge >= 0.3 is 0 Å². The van der Waals surface area contributed by atoms with Crippen molar-refractivity contribution in [2.75, 3.05) is 6.26 Å². The second-order valence-electron chi connectivity index (χ2n) is 5.79. The van der Waals surface area contributed by atoms with Crippen molar-refractivity contribution >= 4 is 45.3 Å².